The van der Waals surface area contributed by atoms with Crippen molar-refractivity contribution in [2.24, 2.45) is 0 Å². The van der Waals surface area contributed by atoms with Gasteiger partial charge in [0.05, 0.1) is 0 Å². The molecule has 2 aliphatic heterocycles. The highest BCUT2D eigenvalue weighted by molar-refractivity contribution is 8.00. The average Bonchev–Trinajstić information content (AvgIpc) is 2.97. The Morgan fingerprint density at radius 2 is 2.37 bits per heavy atom. The molecule has 3 nitrogen and oxygen atoms in total. The summed E-state index contributed by atoms with van der Waals surface area (Å²) in [5, 5.41) is 7.05. The Labute approximate surface area is 118 Å². The SMILES string of the molecule is O=C(NCC1CCCS1)c1ccc2c(c1)CCCN2. The lowest BCUT2D eigenvalue weighted by atomic mass is 10.0. The number of nitrogens with one attached hydrogen (secondary N) is 2. The van der Waals surface area contributed by atoms with Gasteiger partial charge in [-0.05, 0) is 55.2 Å². The number of amides is 1. The van der Waals surface area contributed by atoms with E-state index in [2.05, 4.69) is 10.6 Å². The van der Waals surface area contributed by atoms with Crippen LogP contribution in [0, 0.1) is 0 Å². The van der Waals surface area contributed by atoms with Gasteiger partial charge in [0, 0.05) is 29.6 Å². The molecule has 1 saturated heterocycles. The molecule has 0 aliphatic carbocycles. The van der Waals surface area contributed by atoms with Gasteiger partial charge in [-0.3, -0.25) is 4.79 Å². The van der Waals surface area contributed by atoms with E-state index in [0.29, 0.717) is 5.25 Å². The molecule has 0 spiro atoms. The van der Waals surface area contributed by atoms with Gasteiger partial charge in [-0.1, -0.05) is 0 Å². The van der Waals surface area contributed by atoms with Crippen LogP contribution in [0.25, 0.3) is 0 Å². The Morgan fingerprint density at radius 1 is 1.42 bits per heavy atom. The Kier molecular flexibility index (Phi) is 3.97. The number of hydrogen-bond acceptors (Lipinski definition) is 3. The molecule has 3 rings (SSSR count). The first-order chi connectivity index (χ1) is 9.33. The van der Waals surface area contributed by atoms with E-state index in [0.717, 1.165) is 31.5 Å². The van der Waals surface area contributed by atoms with E-state index in [1.807, 2.05) is 30.0 Å². The van der Waals surface area contributed by atoms with E-state index < -0.39 is 0 Å². The summed E-state index contributed by atoms with van der Waals surface area (Å²) in [5.74, 6) is 1.31. The van der Waals surface area contributed by atoms with Crippen LogP contribution in [0.2, 0.25) is 0 Å². The largest absolute Gasteiger partial charge is 0.385 e. The van der Waals surface area contributed by atoms with Crippen molar-refractivity contribution in [3.05, 3.63) is 29.3 Å². The minimum atomic E-state index is 0.0703. The molecule has 1 fully saturated rings. The van der Waals surface area contributed by atoms with E-state index in [1.54, 1.807) is 0 Å². The third-order valence-electron chi connectivity index (χ3n) is 3.82. The van der Waals surface area contributed by atoms with Crippen LogP contribution < -0.4 is 10.6 Å². The number of carbonyl (C=O) groups excluding carboxylic acids is 1. The zero-order valence-corrected chi connectivity index (χ0v) is 11.9. The summed E-state index contributed by atoms with van der Waals surface area (Å²) in [6.07, 6.45) is 4.74. The molecule has 1 unspecified atom stereocenters. The van der Waals surface area contributed by atoms with Crippen LogP contribution in [-0.2, 0) is 6.42 Å². The van der Waals surface area contributed by atoms with Gasteiger partial charge >= 0.3 is 0 Å². The summed E-state index contributed by atoms with van der Waals surface area (Å²) in [4.78, 5) is 12.1. The number of carbonyl (C=O) groups is 1. The Morgan fingerprint density at radius 3 is 3.21 bits per heavy atom. The van der Waals surface area contributed by atoms with Crippen LogP contribution in [0.15, 0.2) is 18.2 Å². The molecule has 19 heavy (non-hydrogen) atoms. The maximum absolute atomic E-state index is 12.1. The summed E-state index contributed by atoms with van der Waals surface area (Å²) in [5.41, 5.74) is 3.26. The molecular weight excluding hydrogens is 256 g/mol. The summed E-state index contributed by atoms with van der Waals surface area (Å²) in [7, 11) is 0. The predicted molar refractivity (Wildman–Crippen MR) is 81.1 cm³/mol. The number of hydrogen-bond donors (Lipinski definition) is 2. The highest BCUT2D eigenvalue weighted by atomic mass is 32.2. The summed E-state index contributed by atoms with van der Waals surface area (Å²) in [6.45, 7) is 1.84. The zero-order chi connectivity index (χ0) is 13.1. The van der Waals surface area contributed by atoms with Gasteiger partial charge in [-0.15, -0.1) is 0 Å². The van der Waals surface area contributed by atoms with E-state index in [9.17, 15) is 4.79 Å². The second-order valence-electron chi connectivity index (χ2n) is 5.25. The first-order valence-electron chi connectivity index (χ1n) is 7.09. The van der Waals surface area contributed by atoms with Crippen molar-refractivity contribution in [2.75, 3.05) is 24.2 Å². The zero-order valence-electron chi connectivity index (χ0n) is 11.1. The number of rotatable bonds is 3. The van der Waals surface area contributed by atoms with E-state index in [1.165, 1.54) is 29.8 Å². The monoisotopic (exact) mass is 276 g/mol. The summed E-state index contributed by atoms with van der Waals surface area (Å²) >= 11 is 1.98. The van der Waals surface area contributed by atoms with Gasteiger partial charge in [0.25, 0.3) is 5.91 Å². The quantitative estimate of drug-likeness (QED) is 0.892. The molecule has 102 valence electrons. The maximum Gasteiger partial charge on any atom is 0.251 e. The minimum absolute atomic E-state index is 0.0703. The van der Waals surface area contributed by atoms with E-state index >= 15 is 0 Å². The van der Waals surface area contributed by atoms with Crippen molar-refractivity contribution >= 4 is 23.4 Å². The van der Waals surface area contributed by atoms with Crippen LogP contribution in [-0.4, -0.2) is 30.0 Å². The Bertz CT molecular complexity index is 469. The third kappa shape index (κ3) is 3.06. The van der Waals surface area contributed by atoms with Gasteiger partial charge in [-0.2, -0.15) is 11.8 Å². The molecule has 0 aromatic heterocycles. The second kappa shape index (κ2) is 5.87. The van der Waals surface area contributed by atoms with Crippen LogP contribution >= 0.6 is 11.8 Å². The first kappa shape index (κ1) is 12.9. The van der Waals surface area contributed by atoms with Gasteiger partial charge in [0.2, 0.25) is 0 Å². The van der Waals surface area contributed by atoms with Gasteiger partial charge in [0.15, 0.2) is 0 Å². The maximum atomic E-state index is 12.1. The molecule has 4 heteroatoms. The molecule has 0 saturated carbocycles. The molecule has 2 heterocycles. The number of aryl methyl sites for hydroxylation is 1. The predicted octanol–water partition coefficient (Wildman–Crippen LogP) is 2.67. The third-order valence-corrected chi connectivity index (χ3v) is 5.22. The average molecular weight is 276 g/mol. The fourth-order valence-corrected chi connectivity index (χ4v) is 3.93. The molecule has 1 aromatic rings. The molecule has 2 aliphatic rings. The van der Waals surface area contributed by atoms with Crippen LogP contribution in [0.1, 0.15) is 35.2 Å². The fourth-order valence-electron chi connectivity index (χ4n) is 2.73. The standard InChI is InChI=1S/C15H20N2OS/c18-15(17-10-13-4-2-8-19-13)12-5-6-14-11(9-12)3-1-7-16-14/h5-6,9,13,16H,1-4,7-8,10H2,(H,17,18). The van der Waals surface area contributed by atoms with Crippen LogP contribution in [0.4, 0.5) is 5.69 Å². The topological polar surface area (TPSA) is 41.1 Å². The molecule has 1 amide bonds. The summed E-state index contributed by atoms with van der Waals surface area (Å²) < 4.78 is 0. The van der Waals surface area contributed by atoms with Gasteiger partial charge in [0.1, 0.15) is 0 Å². The first-order valence-corrected chi connectivity index (χ1v) is 8.14. The van der Waals surface area contributed by atoms with Crippen LogP contribution in [0.3, 0.4) is 0 Å². The molecular formula is C15H20N2OS. The van der Waals surface area contributed by atoms with Crippen LogP contribution in [0.5, 0.6) is 0 Å². The summed E-state index contributed by atoms with van der Waals surface area (Å²) in [6, 6.07) is 6.00. The van der Waals surface area contributed by atoms with Crippen molar-refractivity contribution in [1.29, 1.82) is 0 Å². The molecule has 1 aromatic carbocycles. The number of benzene rings is 1. The highest BCUT2D eigenvalue weighted by Gasteiger charge is 2.17. The lowest BCUT2D eigenvalue weighted by Gasteiger charge is -2.18. The van der Waals surface area contributed by atoms with Crippen molar-refractivity contribution in [2.45, 2.75) is 30.9 Å². The molecule has 2 N–H and O–H groups in total. The number of anilines is 1. The van der Waals surface area contributed by atoms with Crippen molar-refractivity contribution in [3.8, 4) is 0 Å². The Balaban J connectivity index is 1.62. The Hall–Kier alpha value is -1.16. The normalized spacial score (nSPS) is 21.6. The van der Waals surface area contributed by atoms with Crippen molar-refractivity contribution in [3.63, 3.8) is 0 Å². The van der Waals surface area contributed by atoms with Crippen molar-refractivity contribution in [1.82, 2.24) is 5.32 Å². The fraction of sp³-hybridized carbons (Fsp3) is 0.533. The highest BCUT2D eigenvalue weighted by Crippen LogP contribution is 2.26. The van der Waals surface area contributed by atoms with E-state index in [4.69, 9.17) is 0 Å². The number of thioether (sulfide) groups is 1. The molecule has 0 radical (unpaired) electrons. The lowest BCUT2D eigenvalue weighted by Crippen LogP contribution is -2.29. The second-order valence-corrected chi connectivity index (χ2v) is 6.66. The van der Waals surface area contributed by atoms with Gasteiger partial charge < -0.3 is 10.6 Å². The van der Waals surface area contributed by atoms with E-state index in [-0.39, 0.29) is 5.91 Å². The minimum Gasteiger partial charge on any atom is -0.385 e. The molecule has 1 atom stereocenters. The molecule has 0 bridgehead atoms. The van der Waals surface area contributed by atoms with Crippen molar-refractivity contribution < 1.29 is 4.79 Å². The smallest absolute Gasteiger partial charge is 0.251 e. The number of fused-ring (bicyclic) bond motifs is 1. The van der Waals surface area contributed by atoms with Gasteiger partial charge in [-0.25, -0.2) is 0 Å². The lowest BCUT2D eigenvalue weighted by molar-refractivity contribution is 0.0953.